The highest BCUT2D eigenvalue weighted by atomic mass is 16.2. The third-order valence-corrected chi connectivity index (χ3v) is 4.63. The lowest BCUT2D eigenvalue weighted by Crippen LogP contribution is -2.31. The molecule has 2 aromatic carbocycles. The highest BCUT2D eigenvalue weighted by Gasteiger charge is 2.34. The Kier molecular flexibility index (Phi) is 4.08. The monoisotopic (exact) mass is 346 g/mol. The average Bonchev–Trinajstić information content (AvgIpc) is 3.20. The lowest BCUT2D eigenvalue weighted by Gasteiger charge is -2.16. The fourth-order valence-electron chi connectivity index (χ4n) is 3.25. The van der Waals surface area contributed by atoms with Gasteiger partial charge in [0.1, 0.15) is 11.0 Å². The highest BCUT2D eigenvalue weighted by molar-refractivity contribution is 6.21. The van der Waals surface area contributed by atoms with E-state index in [1.807, 2.05) is 24.3 Å². The zero-order valence-electron chi connectivity index (χ0n) is 14.2. The van der Waals surface area contributed by atoms with Crippen LogP contribution in [0.15, 0.2) is 61.2 Å². The first-order chi connectivity index (χ1) is 12.7. The average molecular weight is 346 g/mol. The zero-order chi connectivity index (χ0) is 18.1. The van der Waals surface area contributed by atoms with Gasteiger partial charge in [0.05, 0.1) is 17.2 Å². The van der Waals surface area contributed by atoms with Crippen molar-refractivity contribution >= 4 is 22.8 Å². The molecular formula is C20H18N4O2. The van der Waals surface area contributed by atoms with E-state index in [-0.39, 0.29) is 17.9 Å². The van der Waals surface area contributed by atoms with E-state index in [0.29, 0.717) is 30.5 Å². The Labute approximate surface area is 150 Å². The number of imide groups is 1. The third kappa shape index (κ3) is 2.69. The number of benzene rings is 2. The van der Waals surface area contributed by atoms with Gasteiger partial charge in [-0.3, -0.25) is 14.5 Å². The smallest absolute Gasteiger partial charge is 0.261 e. The molecule has 1 unspecified atom stereocenters. The molecule has 6 heteroatoms. The Balaban J connectivity index is 1.43. The Bertz CT molecular complexity index is 940. The van der Waals surface area contributed by atoms with Crippen LogP contribution in [0.4, 0.5) is 0 Å². The van der Waals surface area contributed by atoms with E-state index >= 15 is 0 Å². The summed E-state index contributed by atoms with van der Waals surface area (Å²) >= 11 is 0. The zero-order valence-corrected chi connectivity index (χ0v) is 14.2. The van der Waals surface area contributed by atoms with E-state index in [0.717, 1.165) is 11.0 Å². The number of fused-ring (bicyclic) bond motifs is 2. The molecule has 0 N–H and O–H groups in total. The maximum atomic E-state index is 12.4. The predicted octanol–water partition coefficient (Wildman–Crippen LogP) is 3.23. The van der Waals surface area contributed by atoms with Gasteiger partial charge < -0.3 is 0 Å². The molecule has 2 amide bonds. The van der Waals surface area contributed by atoms with Crippen LogP contribution in [-0.4, -0.2) is 38.3 Å². The van der Waals surface area contributed by atoms with Crippen molar-refractivity contribution in [3.63, 3.8) is 0 Å². The lowest BCUT2D eigenvalue weighted by atomic mass is 10.1. The minimum Gasteiger partial charge on any atom is -0.274 e. The Morgan fingerprint density at radius 2 is 1.46 bits per heavy atom. The number of rotatable bonds is 6. The normalized spacial score (nSPS) is 14.7. The van der Waals surface area contributed by atoms with Gasteiger partial charge in [-0.1, -0.05) is 30.3 Å². The second-order valence-electron chi connectivity index (χ2n) is 6.26. The minimum atomic E-state index is -0.219. The van der Waals surface area contributed by atoms with Gasteiger partial charge >= 0.3 is 0 Å². The largest absolute Gasteiger partial charge is 0.274 e. The number of nitrogens with zero attached hydrogens (tertiary/aromatic N) is 4. The molecule has 3 aromatic rings. The van der Waals surface area contributed by atoms with Crippen molar-refractivity contribution in [2.24, 2.45) is 0 Å². The van der Waals surface area contributed by atoms with E-state index in [9.17, 15) is 9.59 Å². The quantitative estimate of drug-likeness (QED) is 0.508. The van der Waals surface area contributed by atoms with E-state index < -0.39 is 0 Å². The SMILES string of the molecule is C=CC(CCCN1C(=O)c2ccccc2C1=O)n1nc2ccccc2n1. The number of allylic oxidation sites excluding steroid dienone is 1. The maximum Gasteiger partial charge on any atom is 0.261 e. The third-order valence-electron chi connectivity index (χ3n) is 4.63. The molecule has 0 saturated heterocycles. The van der Waals surface area contributed by atoms with Crippen LogP contribution in [0, 0.1) is 0 Å². The maximum absolute atomic E-state index is 12.4. The van der Waals surface area contributed by atoms with Gasteiger partial charge in [0.2, 0.25) is 0 Å². The Hall–Kier alpha value is -3.28. The van der Waals surface area contributed by atoms with Gasteiger partial charge in [-0.2, -0.15) is 15.0 Å². The molecule has 1 aliphatic rings. The second-order valence-corrected chi connectivity index (χ2v) is 6.26. The molecule has 1 aromatic heterocycles. The molecule has 0 bridgehead atoms. The molecule has 1 atom stereocenters. The van der Waals surface area contributed by atoms with E-state index in [2.05, 4.69) is 16.8 Å². The van der Waals surface area contributed by atoms with Crippen LogP contribution in [0.3, 0.4) is 0 Å². The number of carbonyl (C=O) groups is 2. The van der Waals surface area contributed by atoms with Crippen LogP contribution in [0.25, 0.3) is 11.0 Å². The number of hydrogen-bond donors (Lipinski definition) is 0. The molecule has 0 aliphatic carbocycles. The molecule has 130 valence electrons. The summed E-state index contributed by atoms with van der Waals surface area (Å²) in [7, 11) is 0. The summed E-state index contributed by atoms with van der Waals surface area (Å²) in [5, 5.41) is 8.97. The first kappa shape index (κ1) is 16.2. The fourth-order valence-corrected chi connectivity index (χ4v) is 3.25. The molecule has 0 fully saturated rings. The lowest BCUT2D eigenvalue weighted by molar-refractivity contribution is 0.0650. The molecule has 0 spiro atoms. The number of hydrogen-bond acceptors (Lipinski definition) is 4. The van der Waals surface area contributed by atoms with Crippen LogP contribution in [0.2, 0.25) is 0 Å². The van der Waals surface area contributed by atoms with Crippen molar-refractivity contribution in [1.29, 1.82) is 0 Å². The van der Waals surface area contributed by atoms with Crippen LogP contribution in [0.5, 0.6) is 0 Å². The van der Waals surface area contributed by atoms with Gasteiger partial charge in [-0.25, -0.2) is 0 Å². The minimum absolute atomic E-state index is 0.0856. The first-order valence-corrected chi connectivity index (χ1v) is 8.58. The molecule has 2 heterocycles. The van der Waals surface area contributed by atoms with Gasteiger partial charge in [0.25, 0.3) is 11.8 Å². The van der Waals surface area contributed by atoms with E-state index in [4.69, 9.17) is 0 Å². The van der Waals surface area contributed by atoms with Crippen LogP contribution >= 0.6 is 0 Å². The van der Waals surface area contributed by atoms with E-state index in [1.165, 1.54) is 4.90 Å². The van der Waals surface area contributed by atoms with Crippen molar-refractivity contribution in [2.75, 3.05) is 6.54 Å². The van der Waals surface area contributed by atoms with Gasteiger partial charge in [-0.05, 0) is 37.1 Å². The summed E-state index contributed by atoms with van der Waals surface area (Å²) in [4.78, 5) is 27.8. The molecule has 0 radical (unpaired) electrons. The van der Waals surface area contributed by atoms with Crippen LogP contribution < -0.4 is 0 Å². The van der Waals surface area contributed by atoms with Crippen molar-refractivity contribution in [1.82, 2.24) is 19.9 Å². The fraction of sp³-hybridized carbons (Fsp3) is 0.200. The van der Waals surface area contributed by atoms with Gasteiger partial charge in [0.15, 0.2) is 0 Å². The number of carbonyl (C=O) groups excluding carboxylic acids is 2. The van der Waals surface area contributed by atoms with Crippen LogP contribution in [-0.2, 0) is 0 Å². The standard InChI is InChI=1S/C20H18N4O2/c1-2-14(24-21-17-11-5-6-12-18(17)22-24)8-7-13-23-19(25)15-9-3-4-10-16(15)20(23)26/h2-6,9-12,14H,1,7-8,13H2. The van der Waals surface area contributed by atoms with Gasteiger partial charge in [-0.15, -0.1) is 6.58 Å². The van der Waals surface area contributed by atoms with Crippen molar-refractivity contribution in [2.45, 2.75) is 18.9 Å². The summed E-state index contributed by atoms with van der Waals surface area (Å²) in [6.45, 7) is 4.24. The predicted molar refractivity (Wildman–Crippen MR) is 97.8 cm³/mol. The number of amides is 2. The Morgan fingerprint density at radius 1 is 0.923 bits per heavy atom. The molecule has 26 heavy (non-hydrogen) atoms. The molecule has 6 nitrogen and oxygen atoms in total. The molecular weight excluding hydrogens is 328 g/mol. The van der Waals surface area contributed by atoms with Gasteiger partial charge in [0, 0.05) is 6.54 Å². The van der Waals surface area contributed by atoms with Crippen molar-refractivity contribution in [3.05, 3.63) is 72.3 Å². The Morgan fingerprint density at radius 3 is 2.00 bits per heavy atom. The summed E-state index contributed by atoms with van der Waals surface area (Å²) in [5.41, 5.74) is 2.63. The van der Waals surface area contributed by atoms with Crippen molar-refractivity contribution < 1.29 is 9.59 Å². The summed E-state index contributed by atoms with van der Waals surface area (Å²) in [5.74, 6) is -0.438. The van der Waals surface area contributed by atoms with Crippen LogP contribution in [0.1, 0.15) is 39.6 Å². The number of aromatic nitrogens is 3. The molecule has 1 aliphatic heterocycles. The molecule has 0 saturated carbocycles. The first-order valence-electron chi connectivity index (χ1n) is 8.58. The highest BCUT2D eigenvalue weighted by Crippen LogP contribution is 2.24. The summed E-state index contributed by atoms with van der Waals surface area (Å²) in [6, 6.07) is 14.5. The van der Waals surface area contributed by atoms with Crippen molar-refractivity contribution in [3.8, 4) is 0 Å². The molecule has 4 rings (SSSR count). The topological polar surface area (TPSA) is 68.1 Å². The van der Waals surface area contributed by atoms with E-state index in [1.54, 1.807) is 35.1 Å². The summed E-state index contributed by atoms with van der Waals surface area (Å²) in [6.07, 6.45) is 3.14. The summed E-state index contributed by atoms with van der Waals surface area (Å²) < 4.78 is 0. The second kappa shape index (κ2) is 6.55.